The SMILES string of the molecule is COc1ccc2c(c1)COC(=O)N2C1CCNCC1.Cl. The number of cyclic esters (lactones) is 1. The van der Waals surface area contributed by atoms with Crippen molar-refractivity contribution in [2.75, 3.05) is 25.1 Å². The monoisotopic (exact) mass is 298 g/mol. The molecule has 0 aromatic heterocycles. The lowest BCUT2D eigenvalue weighted by atomic mass is 10.0. The first-order chi connectivity index (χ1) is 9.29. The predicted octanol–water partition coefficient (Wildman–Crippen LogP) is 2.33. The fourth-order valence-electron chi connectivity index (χ4n) is 2.76. The van der Waals surface area contributed by atoms with Crippen LogP contribution < -0.4 is 15.0 Å². The molecule has 3 rings (SSSR count). The van der Waals surface area contributed by atoms with E-state index in [1.54, 1.807) is 12.0 Å². The molecule has 0 radical (unpaired) electrons. The average Bonchev–Trinajstić information content (AvgIpc) is 2.47. The number of piperidine rings is 1. The summed E-state index contributed by atoms with van der Waals surface area (Å²) < 4.78 is 10.5. The molecule has 2 aliphatic heterocycles. The summed E-state index contributed by atoms with van der Waals surface area (Å²) in [5, 5.41) is 3.31. The Labute approximate surface area is 124 Å². The normalized spacial score (nSPS) is 18.9. The number of anilines is 1. The highest BCUT2D eigenvalue weighted by Gasteiger charge is 2.32. The fourth-order valence-corrected chi connectivity index (χ4v) is 2.76. The number of nitrogens with zero attached hydrogens (tertiary/aromatic N) is 1. The highest BCUT2D eigenvalue weighted by molar-refractivity contribution is 5.91. The van der Waals surface area contributed by atoms with Crippen molar-refractivity contribution < 1.29 is 14.3 Å². The molecule has 1 fully saturated rings. The van der Waals surface area contributed by atoms with Crippen LogP contribution >= 0.6 is 12.4 Å². The number of hydrogen-bond donors (Lipinski definition) is 1. The molecule has 0 atom stereocenters. The van der Waals surface area contributed by atoms with Crippen molar-refractivity contribution in [2.24, 2.45) is 0 Å². The van der Waals surface area contributed by atoms with Crippen LogP contribution in [0.25, 0.3) is 0 Å². The van der Waals surface area contributed by atoms with Crippen molar-refractivity contribution in [1.82, 2.24) is 5.32 Å². The van der Waals surface area contributed by atoms with Gasteiger partial charge in [0.1, 0.15) is 12.4 Å². The summed E-state index contributed by atoms with van der Waals surface area (Å²) in [5.74, 6) is 0.793. The second-order valence-electron chi connectivity index (χ2n) is 4.90. The molecule has 6 heteroatoms. The van der Waals surface area contributed by atoms with Crippen LogP contribution in [0, 0.1) is 0 Å². The second kappa shape index (κ2) is 6.33. The lowest BCUT2D eigenvalue weighted by Crippen LogP contribution is -2.48. The number of benzene rings is 1. The summed E-state index contributed by atoms with van der Waals surface area (Å²) in [5.41, 5.74) is 1.97. The topological polar surface area (TPSA) is 50.8 Å². The van der Waals surface area contributed by atoms with E-state index in [0.29, 0.717) is 6.61 Å². The number of fused-ring (bicyclic) bond motifs is 1. The summed E-state index contributed by atoms with van der Waals surface area (Å²) in [4.78, 5) is 13.9. The van der Waals surface area contributed by atoms with E-state index in [0.717, 1.165) is 42.9 Å². The molecule has 1 N–H and O–H groups in total. The van der Waals surface area contributed by atoms with E-state index in [1.807, 2.05) is 18.2 Å². The van der Waals surface area contributed by atoms with Gasteiger partial charge in [-0.15, -0.1) is 12.4 Å². The number of carbonyl (C=O) groups is 1. The Hall–Kier alpha value is -1.46. The standard InChI is InChI=1S/C14H18N2O3.ClH/c1-18-12-2-3-13-10(8-12)9-19-14(17)16(13)11-4-6-15-7-5-11;/h2-3,8,11,15H,4-7,9H2,1H3;1H. The van der Waals surface area contributed by atoms with Crippen LogP contribution in [0.1, 0.15) is 18.4 Å². The van der Waals surface area contributed by atoms with Gasteiger partial charge in [-0.3, -0.25) is 4.90 Å². The molecule has 2 heterocycles. The van der Waals surface area contributed by atoms with Gasteiger partial charge in [-0.1, -0.05) is 0 Å². The van der Waals surface area contributed by atoms with Gasteiger partial charge in [-0.2, -0.15) is 0 Å². The quantitative estimate of drug-likeness (QED) is 0.910. The van der Waals surface area contributed by atoms with Gasteiger partial charge in [0.2, 0.25) is 0 Å². The van der Waals surface area contributed by atoms with Crippen LogP contribution in [-0.2, 0) is 11.3 Å². The largest absolute Gasteiger partial charge is 0.497 e. The van der Waals surface area contributed by atoms with Crippen molar-refractivity contribution in [1.29, 1.82) is 0 Å². The van der Waals surface area contributed by atoms with Gasteiger partial charge < -0.3 is 14.8 Å². The zero-order chi connectivity index (χ0) is 13.2. The number of carbonyl (C=O) groups excluding carboxylic acids is 1. The lowest BCUT2D eigenvalue weighted by Gasteiger charge is -2.37. The van der Waals surface area contributed by atoms with Gasteiger partial charge in [0.25, 0.3) is 0 Å². The first-order valence-electron chi connectivity index (χ1n) is 6.63. The molecule has 5 nitrogen and oxygen atoms in total. The highest BCUT2D eigenvalue weighted by atomic mass is 35.5. The molecule has 0 bridgehead atoms. The first kappa shape index (κ1) is 14.9. The molecule has 0 unspecified atom stereocenters. The highest BCUT2D eigenvalue weighted by Crippen LogP contribution is 2.33. The summed E-state index contributed by atoms with van der Waals surface area (Å²) in [6.45, 7) is 2.21. The number of halogens is 1. The minimum Gasteiger partial charge on any atom is -0.497 e. The van der Waals surface area contributed by atoms with Crippen LogP contribution in [0.2, 0.25) is 0 Å². The number of amides is 1. The maximum Gasteiger partial charge on any atom is 0.414 e. The zero-order valence-corrected chi connectivity index (χ0v) is 12.2. The second-order valence-corrected chi connectivity index (χ2v) is 4.90. The molecule has 0 spiro atoms. The van der Waals surface area contributed by atoms with Gasteiger partial charge >= 0.3 is 6.09 Å². The smallest absolute Gasteiger partial charge is 0.414 e. The molecule has 1 aromatic rings. The molecule has 20 heavy (non-hydrogen) atoms. The van der Waals surface area contributed by atoms with Crippen molar-refractivity contribution in [3.05, 3.63) is 23.8 Å². The van der Waals surface area contributed by atoms with Crippen LogP contribution in [0.5, 0.6) is 5.75 Å². The van der Waals surface area contributed by atoms with Crippen molar-refractivity contribution >= 4 is 24.2 Å². The van der Waals surface area contributed by atoms with Crippen molar-refractivity contribution in [2.45, 2.75) is 25.5 Å². The Bertz CT molecular complexity index is 489. The average molecular weight is 299 g/mol. The third-order valence-electron chi connectivity index (χ3n) is 3.77. The van der Waals surface area contributed by atoms with E-state index in [4.69, 9.17) is 9.47 Å². The summed E-state index contributed by atoms with van der Waals surface area (Å²) in [6, 6.07) is 6.01. The Morgan fingerprint density at radius 2 is 2.10 bits per heavy atom. The number of nitrogens with one attached hydrogen (secondary N) is 1. The minimum atomic E-state index is -0.232. The van der Waals surface area contributed by atoms with Crippen molar-refractivity contribution in [3.63, 3.8) is 0 Å². The minimum absolute atomic E-state index is 0. The van der Waals surface area contributed by atoms with Gasteiger partial charge in [0.15, 0.2) is 0 Å². The van der Waals surface area contributed by atoms with E-state index in [9.17, 15) is 4.79 Å². The Balaban J connectivity index is 0.00000147. The summed E-state index contributed by atoms with van der Waals surface area (Å²) in [7, 11) is 1.64. The molecule has 1 amide bonds. The van der Waals surface area contributed by atoms with E-state index in [2.05, 4.69) is 5.32 Å². The molecular formula is C14H19ClN2O3. The summed E-state index contributed by atoms with van der Waals surface area (Å²) in [6.07, 6.45) is 1.69. The lowest BCUT2D eigenvalue weighted by molar-refractivity contribution is 0.137. The van der Waals surface area contributed by atoms with Gasteiger partial charge in [0.05, 0.1) is 12.8 Å². The third kappa shape index (κ3) is 2.69. The van der Waals surface area contributed by atoms with Gasteiger partial charge in [0, 0.05) is 11.6 Å². The molecule has 1 saturated heterocycles. The van der Waals surface area contributed by atoms with E-state index in [-0.39, 0.29) is 24.5 Å². The molecule has 2 aliphatic rings. The van der Waals surface area contributed by atoms with E-state index < -0.39 is 0 Å². The molecular weight excluding hydrogens is 280 g/mol. The number of ether oxygens (including phenoxy) is 2. The molecule has 110 valence electrons. The fraction of sp³-hybridized carbons (Fsp3) is 0.500. The van der Waals surface area contributed by atoms with Crippen LogP contribution in [0.15, 0.2) is 18.2 Å². The Kier molecular flexibility index (Phi) is 4.73. The van der Waals surface area contributed by atoms with Crippen molar-refractivity contribution in [3.8, 4) is 5.75 Å². The third-order valence-corrected chi connectivity index (χ3v) is 3.77. The maximum absolute atomic E-state index is 12.1. The number of rotatable bonds is 2. The Morgan fingerprint density at radius 1 is 1.35 bits per heavy atom. The number of hydrogen-bond acceptors (Lipinski definition) is 4. The summed E-state index contributed by atoms with van der Waals surface area (Å²) >= 11 is 0. The zero-order valence-electron chi connectivity index (χ0n) is 11.4. The van der Waals surface area contributed by atoms with E-state index >= 15 is 0 Å². The maximum atomic E-state index is 12.1. The first-order valence-corrected chi connectivity index (χ1v) is 6.63. The molecule has 1 aromatic carbocycles. The molecule has 0 aliphatic carbocycles. The number of methoxy groups -OCH3 is 1. The van der Waals surface area contributed by atoms with E-state index in [1.165, 1.54) is 0 Å². The van der Waals surface area contributed by atoms with Crippen LogP contribution in [-0.4, -0.2) is 32.3 Å². The van der Waals surface area contributed by atoms with Crippen LogP contribution in [0.4, 0.5) is 10.5 Å². The van der Waals surface area contributed by atoms with Gasteiger partial charge in [-0.25, -0.2) is 4.79 Å². The molecule has 0 saturated carbocycles. The Morgan fingerprint density at radius 3 is 2.80 bits per heavy atom. The van der Waals surface area contributed by atoms with Crippen LogP contribution in [0.3, 0.4) is 0 Å². The predicted molar refractivity (Wildman–Crippen MR) is 78.8 cm³/mol. The van der Waals surface area contributed by atoms with Gasteiger partial charge in [-0.05, 0) is 44.1 Å².